The SMILES string of the molecule is CC(C)(C)CN=C=O. The van der Waals surface area contributed by atoms with Gasteiger partial charge in [-0.15, -0.1) is 0 Å². The smallest absolute Gasteiger partial charge is 0.211 e. The van der Waals surface area contributed by atoms with Gasteiger partial charge in [-0.1, -0.05) is 20.8 Å². The summed E-state index contributed by atoms with van der Waals surface area (Å²) in [4.78, 5) is 13.0. The highest BCUT2D eigenvalue weighted by molar-refractivity contribution is 5.32. The van der Waals surface area contributed by atoms with E-state index in [4.69, 9.17) is 0 Å². The third kappa shape index (κ3) is 5.38. The molecule has 8 heavy (non-hydrogen) atoms. The van der Waals surface area contributed by atoms with E-state index in [1.807, 2.05) is 20.8 Å². The lowest BCUT2D eigenvalue weighted by Gasteiger charge is -2.11. The number of rotatable bonds is 1. The lowest BCUT2D eigenvalue weighted by molar-refractivity contribution is 0.427. The summed E-state index contributed by atoms with van der Waals surface area (Å²) in [5.74, 6) is 0. The van der Waals surface area contributed by atoms with E-state index in [2.05, 4.69) is 4.99 Å². The first-order chi connectivity index (χ1) is 3.56. The van der Waals surface area contributed by atoms with Gasteiger partial charge in [-0.3, -0.25) is 0 Å². The van der Waals surface area contributed by atoms with E-state index >= 15 is 0 Å². The summed E-state index contributed by atoms with van der Waals surface area (Å²) in [5.41, 5.74) is 0.122. The maximum atomic E-state index is 9.56. The van der Waals surface area contributed by atoms with Crippen molar-refractivity contribution in [2.45, 2.75) is 20.8 Å². The lowest BCUT2D eigenvalue weighted by Crippen LogP contribution is -2.08. The molecular weight excluding hydrogens is 102 g/mol. The van der Waals surface area contributed by atoms with Gasteiger partial charge in [0.1, 0.15) is 0 Å². The Labute approximate surface area is 49.6 Å². The number of hydrogen-bond donors (Lipinski definition) is 0. The van der Waals surface area contributed by atoms with Crippen LogP contribution in [0.25, 0.3) is 0 Å². The fourth-order valence-corrected chi connectivity index (χ4v) is 0.269. The number of nitrogens with zero attached hydrogens (tertiary/aromatic N) is 1. The molecule has 0 rings (SSSR count). The molecule has 46 valence electrons. The van der Waals surface area contributed by atoms with Crippen LogP contribution in [0.4, 0.5) is 0 Å². The van der Waals surface area contributed by atoms with Crippen molar-refractivity contribution in [2.75, 3.05) is 6.54 Å². The third-order valence-corrected chi connectivity index (χ3v) is 0.618. The van der Waals surface area contributed by atoms with Crippen LogP contribution in [0, 0.1) is 5.41 Å². The molecule has 0 aromatic carbocycles. The van der Waals surface area contributed by atoms with Crippen LogP contribution in [0.15, 0.2) is 4.99 Å². The minimum Gasteiger partial charge on any atom is -0.211 e. The van der Waals surface area contributed by atoms with Gasteiger partial charge in [-0.05, 0) is 5.41 Å². The van der Waals surface area contributed by atoms with E-state index in [-0.39, 0.29) is 5.41 Å². The molecule has 0 fully saturated rings. The summed E-state index contributed by atoms with van der Waals surface area (Å²) < 4.78 is 0. The van der Waals surface area contributed by atoms with Crippen molar-refractivity contribution >= 4 is 6.08 Å². The first-order valence-electron chi connectivity index (χ1n) is 2.60. The van der Waals surface area contributed by atoms with Gasteiger partial charge in [-0.2, -0.15) is 0 Å². The predicted molar refractivity (Wildman–Crippen MR) is 32.4 cm³/mol. The highest BCUT2D eigenvalue weighted by atomic mass is 16.1. The first kappa shape index (κ1) is 7.38. The summed E-state index contributed by atoms with van der Waals surface area (Å²) in [6, 6.07) is 0. The van der Waals surface area contributed by atoms with Gasteiger partial charge in [-0.25, -0.2) is 9.79 Å². The van der Waals surface area contributed by atoms with Gasteiger partial charge in [0.15, 0.2) is 0 Å². The van der Waals surface area contributed by atoms with E-state index in [0.717, 1.165) is 0 Å². The number of carbonyl (C=O) groups excluding carboxylic acids is 1. The highest BCUT2D eigenvalue weighted by Crippen LogP contribution is 2.11. The van der Waals surface area contributed by atoms with Crippen molar-refractivity contribution in [3.8, 4) is 0 Å². The molecule has 0 amide bonds. The van der Waals surface area contributed by atoms with Gasteiger partial charge >= 0.3 is 0 Å². The average molecular weight is 113 g/mol. The van der Waals surface area contributed by atoms with Crippen LogP contribution < -0.4 is 0 Å². The van der Waals surface area contributed by atoms with Gasteiger partial charge in [0.2, 0.25) is 6.08 Å². The summed E-state index contributed by atoms with van der Waals surface area (Å²) in [7, 11) is 0. The Balaban J connectivity index is 3.55. The minimum absolute atomic E-state index is 0.122. The molecular formula is C6H11NO. The Morgan fingerprint density at radius 2 is 2.00 bits per heavy atom. The summed E-state index contributed by atoms with van der Waals surface area (Å²) in [6.07, 6.45) is 1.50. The second-order valence-corrected chi connectivity index (χ2v) is 2.97. The molecule has 0 radical (unpaired) electrons. The molecule has 0 unspecified atom stereocenters. The van der Waals surface area contributed by atoms with Crippen LogP contribution in [-0.2, 0) is 4.79 Å². The molecule has 0 aliphatic heterocycles. The average Bonchev–Trinajstić information content (AvgIpc) is 1.59. The Morgan fingerprint density at radius 1 is 1.50 bits per heavy atom. The zero-order valence-electron chi connectivity index (χ0n) is 5.56. The molecule has 0 N–H and O–H groups in total. The second-order valence-electron chi connectivity index (χ2n) is 2.97. The van der Waals surface area contributed by atoms with Gasteiger partial charge in [0.05, 0.1) is 6.54 Å². The molecule has 2 nitrogen and oxygen atoms in total. The minimum atomic E-state index is 0.122. The number of hydrogen-bond acceptors (Lipinski definition) is 2. The Kier molecular flexibility index (Phi) is 2.43. The normalized spacial score (nSPS) is 10.4. The van der Waals surface area contributed by atoms with Gasteiger partial charge in [0, 0.05) is 0 Å². The lowest BCUT2D eigenvalue weighted by atomic mass is 9.98. The van der Waals surface area contributed by atoms with E-state index in [9.17, 15) is 4.79 Å². The zero-order valence-corrected chi connectivity index (χ0v) is 5.56. The topological polar surface area (TPSA) is 29.4 Å². The maximum absolute atomic E-state index is 9.56. The third-order valence-electron chi connectivity index (χ3n) is 0.618. The Morgan fingerprint density at radius 3 is 2.12 bits per heavy atom. The van der Waals surface area contributed by atoms with Crippen molar-refractivity contribution in [3.05, 3.63) is 0 Å². The fraction of sp³-hybridized carbons (Fsp3) is 0.833. The molecule has 2 heteroatoms. The molecule has 0 aliphatic carbocycles. The molecule has 0 aromatic heterocycles. The van der Waals surface area contributed by atoms with Gasteiger partial charge < -0.3 is 0 Å². The molecule has 0 aliphatic rings. The van der Waals surface area contributed by atoms with E-state index in [1.54, 1.807) is 0 Å². The monoisotopic (exact) mass is 113 g/mol. The highest BCUT2D eigenvalue weighted by Gasteiger charge is 2.07. The van der Waals surface area contributed by atoms with Crippen LogP contribution in [0.2, 0.25) is 0 Å². The van der Waals surface area contributed by atoms with Crippen LogP contribution >= 0.6 is 0 Å². The van der Waals surface area contributed by atoms with Crippen LogP contribution in [-0.4, -0.2) is 12.6 Å². The summed E-state index contributed by atoms with van der Waals surface area (Å²) >= 11 is 0. The maximum Gasteiger partial charge on any atom is 0.234 e. The van der Waals surface area contributed by atoms with Crippen LogP contribution in [0.1, 0.15) is 20.8 Å². The number of aliphatic imine (C=N–C) groups is 1. The van der Waals surface area contributed by atoms with Crippen molar-refractivity contribution in [1.29, 1.82) is 0 Å². The van der Waals surface area contributed by atoms with Crippen LogP contribution in [0.5, 0.6) is 0 Å². The summed E-state index contributed by atoms with van der Waals surface area (Å²) in [6.45, 7) is 6.63. The van der Waals surface area contributed by atoms with E-state index in [0.29, 0.717) is 6.54 Å². The first-order valence-corrected chi connectivity index (χ1v) is 2.60. The molecule has 0 aromatic rings. The predicted octanol–water partition coefficient (Wildman–Crippen LogP) is 1.37. The Hall–Kier alpha value is -0.620. The van der Waals surface area contributed by atoms with E-state index < -0.39 is 0 Å². The molecule has 0 bridgehead atoms. The second kappa shape index (κ2) is 2.63. The van der Waals surface area contributed by atoms with E-state index in [1.165, 1.54) is 6.08 Å². The molecule has 0 spiro atoms. The van der Waals surface area contributed by atoms with Gasteiger partial charge in [0.25, 0.3) is 0 Å². The fourth-order valence-electron chi connectivity index (χ4n) is 0.269. The zero-order chi connectivity index (χ0) is 6.62. The molecule has 0 saturated heterocycles. The van der Waals surface area contributed by atoms with Crippen molar-refractivity contribution in [2.24, 2.45) is 10.4 Å². The van der Waals surface area contributed by atoms with Crippen molar-refractivity contribution < 1.29 is 4.79 Å². The molecule has 0 atom stereocenters. The number of isocyanates is 1. The van der Waals surface area contributed by atoms with Crippen molar-refractivity contribution in [3.63, 3.8) is 0 Å². The quantitative estimate of drug-likeness (QED) is 0.373. The summed E-state index contributed by atoms with van der Waals surface area (Å²) in [5, 5.41) is 0. The largest absolute Gasteiger partial charge is 0.234 e. The standard InChI is InChI=1S/C6H11NO/c1-6(2,3)4-7-5-8/h4H2,1-3H3. The van der Waals surface area contributed by atoms with Crippen LogP contribution in [0.3, 0.4) is 0 Å². The Bertz CT molecular complexity index is 106. The molecule has 0 saturated carbocycles. The van der Waals surface area contributed by atoms with Crippen molar-refractivity contribution in [1.82, 2.24) is 0 Å². The molecule has 0 heterocycles.